The molecular formula is C14H15NO3. The van der Waals surface area contributed by atoms with E-state index in [9.17, 15) is 4.79 Å². The molecule has 1 heterocycles. The number of furan rings is 1. The first-order valence-corrected chi connectivity index (χ1v) is 5.68. The summed E-state index contributed by atoms with van der Waals surface area (Å²) in [5.74, 6) is -0.0248. The van der Waals surface area contributed by atoms with Gasteiger partial charge in [0.2, 0.25) is 0 Å². The Morgan fingerprint density at radius 1 is 1.28 bits per heavy atom. The largest absolute Gasteiger partial charge is 0.478 e. The van der Waals surface area contributed by atoms with E-state index in [1.54, 1.807) is 24.5 Å². The van der Waals surface area contributed by atoms with E-state index >= 15 is 0 Å². The highest BCUT2D eigenvalue weighted by Crippen LogP contribution is 2.18. The third kappa shape index (κ3) is 2.53. The number of aromatic carboxylic acids is 1. The van der Waals surface area contributed by atoms with E-state index < -0.39 is 5.97 Å². The summed E-state index contributed by atoms with van der Waals surface area (Å²) >= 11 is 0. The lowest BCUT2D eigenvalue weighted by Gasteiger charge is -2.09. The van der Waals surface area contributed by atoms with Crippen LogP contribution >= 0.6 is 0 Å². The van der Waals surface area contributed by atoms with Crippen LogP contribution in [-0.4, -0.2) is 11.1 Å². The van der Waals surface area contributed by atoms with E-state index in [1.165, 1.54) is 0 Å². The molecule has 0 aliphatic carbocycles. The number of carbonyl (C=O) groups is 1. The van der Waals surface area contributed by atoms with Crippen molar-refractivity contribution in [1.29, 1.82) is 0 Å². The first-order chi connectivity index (χ1) is 8.58. The minimum atomic E-state index is -0.911. The molecule has 2 rings (SSSR count). The molecule has 0 fully saturated rings. The molecule has 1 aromatic carbocycles. The van der Waals surface area contributed by atoms with Gasteiger partial charge in [-0.3, -0.25) is 0 Å². The molecule has 2 N–H and O–H groups in total. The molecule has 4 nitrogen and oxygen atoms in total. The van der Waals surface area contributed by atoms with Gasteiger partial charge in [-0.2, -0.15) is 0 Å². The Bertz CT molecular complexity index is 572. The van der Waals surface area contributed by atoms with Crippen LogP contribution in [0.5, 0.6) is 0 Å². The van der Waals surface area contributed by atoms with E-state index in [0.29, 0.717) is 12.1 Å². The molecule has 0 bridgehead atoms. The quantitative estimate of drug-likeness (QED) is 0.868. The van der Waals surface area contributed by atoms with Crippen LogP contribution in [0.25, 0.3) is 0 Å². The highest BCUT2D eigenvalue weighted by Gasteiger charge is 2.06. The molecule has 18 heavy (non-hydrogen) atoms. The number of benzene rings is 1. The van der Waals surface area contributed by atoms with Gasteiger partial charge in [0, 0.05) is 5.69 Å². The zero-order valence-corrected chi connectivity index (χ0v) is 10.4. The zero-order chi connectivity index (χ0) is 13.1. The molecule has 1 aromatic heterocycles. The third-order valence-corrected chi connectivity index (χ3v) is 2.88. The van der Waals surface area contributed by atoms with E-state index in [0.717, 1.165) is 22.6 Å². The van der Waals surface area contributed by atoms with Gasteiger partial charge < -0.3 is 14.8 Å². The van der Waals surface area contributed by atoms with Crippen LogP contribution in [0, 0.1) is 13.8 Å². The molecule has 0 aliphatic heterocycles. The van der Waals surface area contributed by atoms with Gasteiger partial charge in [-0.1, -0.05) is 0 Å². The molecule has 0 saturated carbocycles. The number of carboxylic acids is 1. The fourth-order valence-corrected chi connectivity index (χ4v) is 1.76. The van der Waals surface area contributed by atoms with Gasteiger partial charge in [-0.05, 0) is 49.2 Å². The highest BCUT2D eigenvalue weighted by molar-refractivity contribution is 5.88. The molecule has 2 aromatic rings. The van der Waals surface area contributed by atoms with Crippen molar-refractivity contribution in [3.63, 3.8) is 0 Å². The lowest BCUT2D eigenvalue weighted by Crippen LogP contribution is -2.03. The van der Waals surface area contributed by atoms with Gasteiger partial charge >= 0.3 is 5.97 Å². The summed E-state index contributed by atoms with van der Waals surface area (Å²) in [5, 5.41) is 12.1. The molecule has 0 aliphatic rings. The SMILES string of the molecule is Cc1cc(C(=O)O)ccc1NCc1occc1C. The summed E-state index contributed by atoms with van der Waals surface area (Å²) in [6.45, 7) is 4.46. The smallest absolute Gasteiger partial charge is 0.335 e. The Hall–Kier alpha value is -2.23. The van der Waals surface area contributed by atoms with Gasteiger partial charge in [0.05, 0.1) is 18.4 Å². The van der Waals surface area contributed by atoms with Crippen LogP contribution in [0.3, 0.4) is 0 Å². The van der Waals surface area contributed by atoms with Crippen LogP contribution in [0.15, 0.2) is 34.9 Å². The first kappa shape index (κ1) is 12.2. The maximum Gasteiger partial charge on any atom is 0.335 e. The average molecular weight is 245 g/mol. The minimum absolute atomic E-state index is 0.298. The van der Waals surface area contributed by atoms with Crippen molar-refractivity contribution in [1.82, 2.24) is 0 Å². The molecule has 0 saturated heterocycles. The van der Waals surface area contributed by atoms with Crippen molar-refractivity contribution in [3.05, 3.63) is 53.0 Å². The van der Waals surface area contributed by atoms with Crippen LogP contribution in [0.4, 0.5) is 5.69 Å². The van der Waals surface area contributed by atoms with Crippen LogP contribution in [0.1, 0.15) is 27.2 Å². The second-order valence-corrected chi connectivity index (χ2v) is 4.22. The maximum absolute atomic E-state index is 10.8. The molecule has 0 spiro atoms. The summed E-state index contributed by atoms with van der Waals surface area (Å²) in [5.41, 5.74) is 3.21. The maximum atomic E-state index is 10.8. The minimum Gasteiger partial charge on any atom is -0.478 e. The number of carboxylic acid groups (broad SMARTS) is 1. The molecule has 0 amide bonds. The third-order valence-electron chi connectivity index (χ3n) is 2.88. The van der Waals surface area contributed by atoms with E-state index in [4.69, 9.17) is 9.52 Å². The molecule has 0 atom stereocenters. The predicted octanol–water partition coefficient (Wildman–Crippen LogP) is 3.21. The van der Waals surface area contributed by atoms with Crippen LogP contribution in [0.2, 0.25) is 0 Å². The fourth-order valence-electron chi connectivity index (χ4n) is 1.76. The molecule has 94 valence electrons. The summed E-state index contributed by atoms with van der Waals surface area (Å²) in [6, 6.07) is 6.93. The monoisotopic (exact) mass is 245 g/mol. The summed E-state index contributed by atoms with van der Waals surface area (Å²) < 4.78 is 5.33. The Morgan fingerprint density at radius 2 is 2.06 bits per heavy atom. The number of hydrogen-bond acceptors (Lipinski definition) is 3. The number of nitrogens with one attached hydrogen (secondary N) is 1. The van der Waals surface area contributed by atoms with Gasteiger partial charge in [-0.15, -0.1) is 0 Å². The number of hydrogen-bond donors (Lipinski definition) is 2. The van der Waals surface area contributed by atoms with Gasteiger partial charge in [0.1, 0.15) is 5.76 Å². The topological polar surface area (TPSA) is 62.5 Å². The van der Waals surface area contributed by atoms with Gasteiger partial charge in [-0.25, -0.2) is 4.79 Å². The average Bonchev–Trinajstić information content (AvgIpc) is 2.73. The molecule has 4 heteroatoms. The van der Waals surface area contributed by atoms with Gasteiger partial charge in [0.25, 0.3) is 0 Å². The van der Waals surface area contributed by atoms with Crippen LogP contribution in [-0.2, 0) is 6.54 Å². The van der Waals surface area contributed by atoms with Crippen molar-refractivity contribution in [2.45, 2.75) is 20.4 Å². The molecule has 0 unspecified atom stereocenters. The number of aryl methyl sites for hydroxylation is 2. The van der Waals surface area contributed by atoms with Crippen LogP contribution < -0.4 is 5.32 Å². The fraction of sp³-hybridized carbons (Fsp3) is 0.214. The second-order valence-electron chi connectivity index (χ2n) is 4.22. The van der Waals surface area contributed by atoms with E-state index in [1.807, 2.05) is 19.9 Å². The molecular weight excluding hydrogens is 230 g/mol. The lowest BCUT2D eigenvalue weighted by atomic mass is 10.1. The Kier molecular flexibility index (Phi) is 3.37. The number of rotatable bonds is 4. The Labute approximate surface area is 105 Å². The van der Waals surface area contributed by atoms with Crippen molar-refractivity contribution < 1.29 is 14.3 Å². The summed E-state index contributed by atoms with van der Waals surface area (Å²) in [4.78, 5) is 10.8. The highest BCUT2D eigenvalue weighted by atomic mass is 16.4. The van der Waals surface area contributed by atoms with Crippen molar-refractivity contribution in [2.24, 2.45) is 0 Å². The normalized spacial score (nSPS) is 10.3. The van der Waals surface area contributed by atoms with Crippen molar-refractivity contribution in [2.75, 3.05) is 5.32 Å². The van der Waals surface area contributed by atoms with E-state index in [2.05, 4.69) is 5.32 Å². The van der Waals surface area contributed by atoms with Gasteiger partial charge in [0.15, 0.2) is 0 Å². The standard InChI is InChI=1S/C14H15NO3/c1-9-5-6-18-13(9)8-15-12-4-3-11(14(16)17)7-10(12)2/h3-7,15H,8H2,1-2H3,(H,16,17). The lowest BCUT2D eigenvalue weighted by molar-refractivity contribution is 0.0697. The summed E-state index contributed by atoms with van der Waals surface area (Å²) in [7, 11) is 0. The van der Waals surface area contributed by atoms with Crippen molar-refractivity contribution >= 4 is 11.7 Å². The Morgan fingerprint density at radius 3 is 2.61 bits per heavy atom. The zero-order valence-electron chi connectivity index (χ0n) is 10.4. The number of anilines is 1. The molecule has 0 radical (unpaired) electrons. The predicted molar refractivity (Wildman–Crippen MR) is 68.9 cm³/mol. The second kappa shape index (κ2) is 4.96. The van der Waals surface area contributed by atoms with Crippen molar-refractivity contribution in [3.8, 4) is 0 Å². The summed E-state index contributed by atoms with van der Waals surface area (Å²) in [6.07, 6.45) is 1.66. The van der Waals surface area contributed by atoms with E-state index in [-0.39, 0.29) is 0 Å². The Balaban J connectivity index is 2.11. The first-order valence-electron chi connectivity index (χ1n) is 5.68.